The molecule has 0 saturated heterocycles. The SMILES string of the molecule is COC1=C(OC)C(=O)C(c2cccc3occ(CC(=O)O)c23)=C(C)C1=O. The Kier molecular flexibility index (Phi) is 4.38. The molecule has 0 atom stereocenters. The van der Waals surface area contributed by atoms with Crippen LogP contribution >= 0.6 is 0 Å². The summed E-state index contributed by atoms with van der Waals surface area (Å²) in [7, 11) is 2.58. The summed E-state index contributed by atoms with van der Waals surface area (Å²) in [5, 5.41) is 9.61. The van der Waals surface area contributed by atoms with Crippen LogP contribution < -0.4 is 0 Å². The molecule has 2 aromatic rings. The van der Waals surface area contributed by atoms with Crippen molar-refractivity contribution in [3.63, 3.8) is 0 Å². The molecule has 1 N–H and O–H groups in total. The summed E-state index contributed by atoms with van der Waals surface area (Å²) in [6.07, 6.45) is 1.08. The number of rotatable bonds is 5. The summed E-state index contributed by atoms with van der Waals surface area (Å²) in [6, 6.07) is 4.99. The predicted molar refractivity (Wildman–Crippen MR) is 91.2 cm³/mol. The van der Waals surface area contributed by atoms with Crippen LogP contribution in [0.25, 0.3) is 16.5 Å². The van der Waals surface area contributed by atoms with Crippen LogP contribution in [-0.4, -0.2) is 36.9 Å². The zero-order chi connectivity index (χ0) is 19.0. The van der Waals surface area contributed by atoms with Crippen LogP contribution in [0.3, 0.4) is 0 Å². The molecule has 26 heavy (non-hydrogen) atoms. The minimum Gasteiger partial charge on any atom is -0.489 e. The van der Waals surface area contributed by atoms with E-state index in [4.69, 9.17) is 19.0 Å². The second-order valence-electron chi connectivity index (χ2n) is 5.73. The quantitative estimate of drug-likeness (QED) is 0.821. The van der Waals surface area contributed by atoms with E-state index in [1.54, 1.807) is 18.2 Å². The molecule has 7 nitrogen and oxygen atoms in total. The Morgan fingerprint density at radius 2 is 1.77 bits per heavy atom. The molecule has 1 aliphatic rings. The molecular weight excluding hydrogens is 340 g/mol. The van der Waals surface area contributed by atoms with Crippen molar-refractivity contribution in [2.24, 2.45) is 0 Å². The third-order valence-corrected chi connectivity index (χ3v) is 4.26. The van der Waals surface area contributed by atoms with Gasteiger partial charge in [0.15, 0.2) is 0 Å². The largest absolute Gasteiger partial charge is 0.489 e. The van der Waals surface area contributed by atoms with E-state index in [-0.39, 0.29) is 29.1 Å². The Morgan fingerprint density at radius 1 is 1.12 bits per heavy atom. The average Bonchev–Trinajstić information content (AvgIpc) is 3.01. The number of carbonyl (C=O) groups excluding carboxylic acids is 2. The first-order chi connectivity index (χ1) is 12.4. The molecule has 0 aliphatic heterocycles. The number of methoxy groups -OCH3 is 2. The number of carbonyl (C=O) groups is 3. The molecule has 134 valence electrons. The van der Waals surface area contributed by atoms with Gasteiger partial charge in [0.05, 0.1) is 26.9 Å². The van der Waals surface area contributed by atoms with E-state index < -0.39 is 17.5 Å². The van der Waals surface area contributed by atoms with Gasteiger partial charge in [0.1, 0.15) is 5.58 Å². The number of aliphatic carboxylic acids is 1. The highest BCUT2D eigenvalue weighted by Gasteiger charge is 2.36. The molecule has 0 spiro atoms. The highest BCUT2D eigenvalue weighted by molar-refractivity contribution is 6.39. The van der Waals surface area contributed by atoms with Gasteiger partial charge >= 0.3 is 5.97 Å². The van der Waals surface area contributed by atoms with Gasteiger partial charge < -0.3 is 19.0 Å². The predicted octanol–water partition coefficient (Wildman–Crippen LogP) is 2.49. The Balaban J connectivity index is 2.28. The van der Waals surface area contributed by atoms with Gasteiger partial charge in [-0.1, -0.05) is 12.1 Å². The lowest BCUT2D eigenvalue weighted by Crippen LogP contribution is -2.24. The Hall–Kier alpha value is -3.35. The molecular formula is C19H16O7. The average molecular weight is 356 g/mol. The molecule has 0 bridgehead atoms. The summed E-state index contributed by atoms with van der Waals surface area (Å²) < 4.78 is 15.6. The molecule has 0 saturated carbocycles. The van der Waals surface area contributed by atoms with Gasteiger partial charge in [-0.05, 0) is 18.6 Å². The maximum absolute atomic E-state index is 13.0. The zero-order valence-electron chi connectivity index (χ0n) is 14.4. The number of carboxylic acids is 1. The molecule has 1 aromatic carbocycles. The van der Waals surface area contributed by atoms with E-state index in [2.05, 4.69) is 0 Å². The van der Waals surface area contributed by atoms with Crippen molar-refractivity contribution in [3.8, 4) is 0 Å². The number of ether oxygens (including phenoxy) is 2. The van der Waals surface area contributed by atoms with Crippen molar-refractivity contribution in [2.75, 3.05) is 14.2 Å². The van der Waals surface area contributed by atoms with Crippen LogP contribution in [0, 0.1) is 0 Å². The number of hydrogen-bond donors (Lipinski definition) is 1. The molecule has 0 unspecified atom stereocenters. The number of hydrogen-bond acceptors (Lipinski definition) is 6. The highest BCUT2D eigenvalue weighted by atomic mass is 16.5. The monoisotopic (exact) mass is 356 g/mol. The molecule has 7 heteroatoms. The van der Waals surface area contributed by atoms with Gasteiger partial charge in [0.2, 0.25) is 23.1 Å². The van der Waals surface area contributed by atoms with Crippen LogP contribution in [0.4, 0.5) is 0 Å². The summed E-state index contributed by atoms with van der Waals surface area (Å²) >= 11 is 0. The normalized spacial score (nSPS) is 15.0. The van der Waals surface area contributed by atoms with Crippen molar-refractivity contribution in [1.82, 2.24) is 0 Å². The number of ketones is 2. The van der Waals surface area contributed by atoms with Crippen molar-refractivity contribution in [2.45, 2.75) is 13.3 Å². The minimum atomic E-state index is -1.03. The fraction of sp³-hybridized carbons (Fsp3) is 0.211. The Bertz CT molecular complexity index is 1000. The summed E-state index contributed by atoms with van der Waals surface area (Å²) in [5.74, 6) is -2.32. The third kappa shape index (κ3) is 2.57. The van der Waals surface area contributed by atoms with Gasteiger partial charge in [-0.15, -0.1) is 0 Å². The van der Waals surface area contributed by atoms with Crippen molar-refractivity contribution in [3.05, 3.63) is 52.7 Å². The lowest BCUT2D eigenvalue weighted by molar-refractivity contribution is -0.136. The second kappa shape index (κ2) is 6.51. The maximum Gasteiger partial charge on any atom is 0.307 e. The molecule has 1 heterocycles. The molecule has 0 fully saturated rings. The summed E-state index contributed by atoms with van der Waals surface area (Å²) in [6.45, 7) is 1.52. The number of Topliss-reactive ketones (excluding diaryl/α,β-unsaturated/α-hetero) is 2. The lowest BCUT2D eigenvalue weighted by atomic mass is 9.86. The first-order valence-corrected chi connectivity index (χ1v) is 7.74. The van der Waals surface area contributed by atoms with Crippen molar-refractivity contribution < 1.29 is 33.4 Å². The van der Waals surface area contributed by atoms with E-state index in [9.17, 15) is 14.4 Å². The summed E-state index contributed by atoms with van der Waals surface area (Å²) in [5.41, 5.74) is 1.62. The molecule has 1 aliphatic carbocycles. The number of fused-ring (bicyclic) bond motifs is 1. The Labute approximate surface area is 148 Å². The topological polar surface area (TPSA) is 103 Å². The smallest absolute Gasteiger partial charge is 0.307 e. The van der Waals surface area contributed by atoms with Crippen molar-refractivity contribution >= 4 is 34.1 Å². The lowest BCUT2D eigenvalue weighted by Gasteiger charge is -2.21. The second-order valence-corrected chi connectivity index (χ2v) is 5.73. The van der Waals surface area contributed by atoms with E-state index in [0.29, 0.717) is 22.1 Å². The van der Waals surface area contributed by atoms with Crippen LogP contribution in [0.2, 0.25) is 0 Å². The third-order valence-electron chi connectivity index (χ3n) is 4.26. The molecule has 0 amide bonds. The fourth-order valence-electron chi connectivity index (χ4n) is 3.12. The number of carboxylic acid groups (broad SMARTS) is 1. The van der Waals surface area contributed by atoms with Gasteiger partial charge in [-0.3, -0.25) is 14.4 Å². The zero-order valence-corrected chi connectivity index (χ0v) is 14.4. The van der Waals surface area contributed by atoms with E-state index >= 15 is 0 Å². The standard InChI is InChI=1S/C19H16O7/c1-9-14(17(23)19(25-3)18(24-2)16(9)22)11-5-4-6-12-15(11)10(8-26-12)7-13(20)21/h4-6,8H,7H2,1-3H3,(H,20,21). The number of allylic oxidation sites excluding steroid dienone is 2. The van der Waals surface area contributed by atoms with Gasteiger partial charge in [0.25, 0.3) is 0 Å². The highest BCUT2D eigenvalue weighted by Crippen LogP contribution is 2.37. The summed E-state index contributed by atoms with van der Waals surface area (Å²) in [4.78, 5) is 36.7. The molecule has 0 radical (unpaired) electrons. The Morgan fingerprint density at radius 3 is 2.38 bits per heavy atom. The molecule has 1 aromatic heterocycles. The van der Waals surface area contributed by atoms with Crippen LogP contribution in [0.15, 0.2) is 46.0 Å². The van der Waals surface area contributed by atoms with E-state index in [1.807, 2.05) is 0 Å². The number of benzene rings is 1. The van der Waals surface area contributed by atoms with Crippen LogP contribution in [0.5, 0.6) is 0 Å². The maximum atomic E-state index is 13.0. The van der Waals surface area contributed by atoms with Gasteiger partial charge in [0, 0.05) is 22.1 Å². The first-order valence-electron chi connectivity index (χ1n) is 7.74. The van der Waals surface area contributed by atoms with Gasteiger partial charge in [-0.2, -0.15) is 0 Å². The first kappa shape index (κ1) is 17.5. The van der Waals surface area contributed by atoms with E-state index in [1.165, 1.54) is 27.4 Å². The van der Waals surface area contributed by atoms with Gasteiger partial charge in [-0.25, -0.2) is 0 Å². The van der Waals surface area contributed by atoms with Crippen LogP contribution in [-0.2, 0) is 30.3 Å². The number of furan rings is 1. The van der Waals surface area contributed by atoms with Crippen molar-refractivity contribution in [1.29, 1.82) is 0 Å². The molecule has 3 rings (SSSR count). The van der Waals surface area contributed by atoms with E-state index in [0.717, 1.165) is 0 Å². The fourth-order valence-corrected chi connectivity index (χ4v) is 3.12. The minimum absolute atomic E-state index is 0.145. The van der Waals surface area contributed by atoms with Crippen LogP contribution in [0.1, 0.15) is 18.1 Å².